The third-order valence-corrected chi connectivity index (χ3v) is 4.22. The maximum atomic E-state index is 5.28. The Morgan fingerprint density at radius 2 is 1.96 bits per heavy atom. The lowest BCUT2D eigenvalue weighted by Crippen LogP contribution is -2.24. The molecule has 0 bridgehead atoms. The Morgan fingerprint density at radius 3 is 2.74 bits per heavy atom. The molecule has 0 amide bonds. The largest absolute Gasteiger partial charge is 0.497 e. The van der Waals surface area contributed by atoms with Crippen molar-refractivity contribution < 1.29 is 4.74 Å². The first-order valence-electron chi connectivity index (χ1n) is 8.59. The van der Waals surface area contributed by atoms with E-state index in [2.05, 4.69) is 51.6 Å². The molecule has 0 radical (unpaired) electrons. The zero-order valence-electron chi connectivity index (χ0n) is 15.3. The van der Waals surface area contributed by atoms with Crippen LogP contribution >= 0.6 is 12.2 Å². The minimum Gasteiger partial charge on any atom is -0.497 e. The van der Waals surface area contributed by atoms with Crippen LogP contribution in [0.25, 0.3) is 0 Å². The molecule has 0 unspecified atom stereocenters. The summed E-state index contributed by atoms with van der Waals surface area (Å²) >= 11 is 5.28. The number of ether oxygens (including phenoxy) is 1. The Balaban J connectivity index is 1.57. The Labute approximate surface area is 164 Å². The van der Waals surface area contributed by atoms with Gasteiger partial charge in [0, 0.05) is 24.5 Å². The van der Waals surface area contributed by atoms with Crippen molar-refractivity contribution in [3.05, 3.63) is 83.7 Å². The molecule has 3 aromatic rings. The van der Waals surface area contributed by atoms with Crippen LogP contribution in [0.1, 0.15) is 16.8 Å². The smallest absolute Gasteiger partial charge is 0.191 e. The molecule has 3 rings (SSSR count). The highest BCUT2D eigenvalue weighted by atomic mass is 32.1. The first-order chi connectivity index (χ1) is 13.1. The molecule has 2 aromatic carbocycles. The van der Waals surface area contributed by atoms with Gasteiger partial charge in [-0.15, -0.1) is 0 Å². The SMILES string of the molecule is COc1cccc(NC(=S)N/N=C/c2cccn2Cc2ccc(C)cc2)c1. The fourth-order valence-corrected chi connectivity index (χ4v) is 2.77. The number of nitrogens with one attached hydrogen (secondary N) is 2. The van der Waals surface area contributed by atoms with E-state index in [4.69, 9.17) is 17.0 Å². The summed E-state index contributed by atoms with van der Waals surface area (Å²) in [7, 11) is 1.63. The molecule has 138 valence electrons. The summed E-state index contributed by atoms with van der Waals surface area (Å²) in [6, 6.07) is 20.1. The predicted molar refractivity (Wildman–Crippen MR) is 115 cm³/mol. The summed E-state index contributed by atoms with van der Waals surface area (Å²) in [5.41, 5.74) is 7.18. The lowest BCUT2D eigenvalue weighted by molar-refractivity contribution is 0.415. The predicted octanol–water partition coefficient (Wildman–Crippen LogP) is 4.17. The Morgan fingerprint density at radius 1 is 1.15 bits per heavy atom. The van der Waals surface area contributed by atoms with E-state index in [1.807, 2.05) is 42.6 Å². The van der Waals surface area contributed by atoms with Gasteiger partial charge in [-0.3, -0.25) is 5.43 Å². The van der Waals surface area contributed by atoms with Crippen molar-refractivity contribution >= 4 is 29.2 Å². The van der Waals surface area contributed by atoms with Gasteiger partial charge in [-0.05, 0) is 49.0 Å². The van der Waals surface area contributed by atoms with Gasteiger partial charge in [0.2, 0.25) is 0 Å². The van der Waals surface area contributed by atoms with Crippen LogP contribution in [0.5, 0.6) is 5.75 Å². The van der Waals surface area contributed by atoms with E-state index >= 15 is 0 Å². The average Bonchev–Trinajstić information content (AvgIpc) is 3.11. The second kappa shape index (κ2) is 9.00. The highest BCUT2D eigenvalue weighted by molar-refractivity contribution is 7.80. The normalized spacial score (nSPS) is 10.7. The van der Waals surface area contributed by atoms with E-state index in [1.165, 1.54) is 11.1 Å². The van der Waals surface area contributed by atoms with Crippen LogP contribution in [0.15, 0.2) is 72.0 Å². The van der Waals surface area contributed by atoms with Crippen molar-refractivity contribution in [3.8, 4) is 5.75 Å². The minimum absolute atomic E-state index is 0.413. The minimum atomic E-state index is 0.413. The van der Waals surface area contributed by atoms with Crippen molar-refractivity contribution in [1.29, 1.82) is 0 Å². The first kappa shape index (κ1) is 18.7. The Bertz CT molecular complexity index is 931. The molecular formula is C21H22N4OS. The number of rotatable bonds is 6. The van der Waals surface area contributed by atoms with Gasteiger partial charge in [0.25, 0.3) is 0 Å². The zero-order chi connectivity index (χ0) is 19.1. The number of anilines is 1. The third kappa shape index (κ3) is 5.43. The maximum absolute atomic E-state index is 5.28. The number of methoxy groups -OCH3 is 1. The van der Waals surface area contributed by atoms with E-state index in [9.17, 15) is 0 Å². The van der Waals surface area contributed by atoms with Crippen molar-refractivity contribution in [3.63, 3.8) is 0 Å². The molecule has 0 fully saturated rings. The number of hydrazone groups is 1. The van der Waals surface area contributed by atoms with Crippen molar-refractivity contribution in [2.24, 2.45) is 5.10 Å². The van der Waals surface area contributed by atoms with Crippen molar-refractivity contribution in [2.45, 2.75) is 13.5 Å². The highest BCUT2D eigenvalue weighted by Crippen LogP contribution is 2.16. The summed E-state index contributed by atoms with van der Waals surface area (Å²) < 4.78 is 7.33. The average molecular weight is 379 g/mol. The van der Waals surface area contributed by atoms with Gasteiger partial charge in [-0.2, -0.15) is 5.10 Å². The van der Waals surface area contributed by atoms with Crippen LogP contribution in [0.3, 0.4) is 0 Å². The summed E-state index contributed by atoms with van der Waals surface area (Å²) in [6.07, 6.45) is 3.79. The van der Waals surface area contributed by atoms with E-state index < -0.39 is 0 Å². The second-order valence-electron chi connectivity index (χ2n) is 6.10. The molecule has 0 saturated heterocycles. The monoisotopic (exact) mass is 378 g/mol. The van der Waals surface area contributed by atoms with E-state index in [0.717, 1.165) is 23.7 Å². The quantitative estimate of drug-likeness (QED) is 0.384. The number of benzene rings is 2. The standard InChI is InChI=1S/C21H22N4OS/c1-16-8-10-17(11-9-16)15-25-12-4-6-19(25)14-22-24-21(27)23-18-5-3-7-20(13-18)26-2/h3-14H,15H2,1-2H3,(H2,23,24,27)/b22-14+. The number of hydrogen-bond donors (Lipinski definition) is 2. The lowest BCUT2D eigenvalue weighted by Gasteiger charge is -2.09. The fraction of sp³-hybridized carbons (Fsp3) is 0.143. The Kier molecular flexibility index (Phi) is 6.22. The molecule has 0 aliphatic carbocycles. The van der Waals surface area contributed by atoms with Gasteiger partial charge in [0.05, 0.1) is 19.0 Å². The number of thiocarbonyl (C=S) groups is 1. The Hall–Kier alpha value is -3.12. The van der Waals surface area contributed by atoms with Crippen LogP contribution in [-0.4, -0.2) is 23.0 Å². The molecule has 0 aliphatic rings. The number of aromatic nitrogens is 1. The van der Waals surface area contributed by atoms with Gasteiger partial charge in [0.1, 0.15) is 5.75 Å². The molecule has 0 saturated carbocycles. The van der Waals surface area contributed by atoms with E-state index in [0.29, 0.717) is 5.11 Å². The maximum Gasteiger partial charge on any atom is 0.191 e. The van der Waals surface area contributed by atoms with Gasteiger partial charge in [-0.25, -0.2) is 0 Å². The molecule has 0 atom stereocenters. The molecule has 5 nitrogen and oxygen atoms in total. The molecule has 0 spiro atoms. The molecule has 1 aromatic heterocycles. The number of hydrogen-bond acceptors (Lipinski definition) is 3. The van der Waals surface area contributed by atoms with Crippen LogP contribution in [0.2, 0.25) is 0 Å². The molecular weight excluding hydrogens is 356 g/mol. The fourth-order valence-electron chi connectivity index (χ4n) is 2.60. The zero-order valence-corrected chi connectivity index (χ0v) is 16.2. The summed E-state index contributed by atoms with van der Waals surface area (Å²) in [5, 5.41) is 7.73. The van der Waals surface area contributed by atoms with Gasteiger partial charge >= 0.3 is 0 Å². The van der Waals surface area contributed by atoms with Crippen LogP contribution in [-0.2, 0) is 6.54 Å². The van der Waals surface area contributed by atoms with Gasteiger partial charge < -0.3 is 14.6 Å². The van der Waals surface area contributed by atoms with Gasteiger partial charge in [-0.1, -0.05) is 35.9 Å². The van der Waals surface area contributed by atoms with Crippen LogP contribution < -0.4 is 15.5 Å². The summed E-state index contributed by atoms with van der Waals surface area (Å²) in [4.78, 5) is 0. The summed E-state index contributed by atoms with van der Waals surface area (Å²) in [6.45, 7) is 2.88. The molecule has 2 N–H and O–H groups in total. The molecule has 1 heterocycles. The van der Waals surface area contributed by atoms with Crippen LogP contribution in [0.4, 0.5) is 5.69 Å². The van der Waals surface area contributed by atoms with Crippen molar-refractivity contribution in [2.75, 3.05) is 12.4 Å². The molecule has 0 aliphatic heterocycles. The summed E-state index contributed by atoms with van der Waals surface area (Å²) in [5.74, 6) is 0.764. The molecule has 27 heavy (non-hydrogen) atoms. The number of nitrogens with zero attached hydrogens (tertiary/aromatic N) is 2. The lowest BCUT2D eigenvalue weighted by atomic mass is 10.1. The highest BCUT2D eigenvalue weighted by Gasteiger charge is 2.01. The first-order valence-corrected chi connectivity index (χ1v) is 8.99. The molecule has 6 heteroatoms. The third-order valence-electron chi connectivity index (χ3n) is 4.03. The van der Waals surface area contributed by atoms with E-state index in [1.54, 1.807) is 13.3 Å². The van der Waals surface area contributed by atoms with Crippen molar-refractivity contribution in [1.82, 2.24) is 9.99 Å². The van der Waals surface area contributed by atoms with E-state index in [-0.39, 0.29) is 0 Å². The second-order valence-corrected chi connectivity index (χ2v) is 6.51. The number of aryl methyl sites for hydroxylation is 1. The van der Waals surface area contributed by atoms with Gasteiger partial charge in [0.15, 0.2) is 5.11 Å². The topological polar surface area (TPSA) is 50.6 Å². The van der Waals surface area contributed by atoms with Crippen LogP contribution in [0, 0.1) is 6.92 Å².